The third-order valence-electron chi connectivity index (χ3n) is 4.28. The van der Waals surface area contributed by atoms with Crippen molar-refractivity contribution in [3.8, 4) is 5.75 Å². The largest absolute Gasteiger partial charge is 0.491 e. The SMILES string of the molecule is CNCC1CCN(C(C)C)C1c1ccc(OC(C)C)cc1. The van der Waals surface area contributed by atoms with E-state index in [1.807, 2.05) is 0 Å². The Balaban J connectivity index is 2.18. The quantitative estimate of drug-likeness (QED) is 0.868. The van der Waals surface area contributed by atoms with E-state index in [9.17, 15) is 0 Å². The molecule has 1 N–H and O–H groups in total. The first kappa shape index (κ1) is 16.3. The molecule has 0 saturated carbocycles. The lowest BCUT2D eigenvalue weighted by atomic mass is 9.93. The highest BCUT2D eigenvalue weighted by Gasteiger charge is 2.35. The molecule has 2 rings (SSSR count). The van der Waals surface area contributed by atoms with Gasteiger partial charge in [0.1, 0.15) is 5.75 Å². The molecule has 0 bridgehead atoms. The molecule has 2 atom stereocenters. The minimum absolute atomic E-state index is 0.228. The normalized spacial score (nSPS) is 23.2. The second-order valence-electron chi connectivity index (χ2n) is 6.62. The van der Waals surface area contributed by atoms with Crippen LogP contribution in [0.25, 0.3) is 0 Å². The van der Waals surface area contributed by atoms with Crippen LogP contribution in [-0.2, 0) is 0 Å². The topological polar surface area (TPSA) is 24.5 Å². The number of nitrogens with zero attached hydrogens (tertiary/aromatic N) is 1. The lowest BCUT2D eigenvalue weighted by Crippen LogP contribution is -2.33. The van der Waals surface area contributed by atoms with Crippen molar-refractivity contribution in [1.29, 1.82) is 0 Å². The van der Waals surface area contributed by atoms with Crippen LogP contribution in [0.2, 0.25) is 0 Å². The Kier molecular flexibility index (Phi) is 5.65. The molecule has 0 aliphatic carbocycles. The summed E-state index contributed by atoms with van der Waals surface area (Å²) in [6, 6.07) is 9.82. The summed E-state index contributed by atoms with van der Waals surface area (Å²) < 4.78 is 5.75. The van der Waals surface area contributed by atoms with Crippen molar-refractivity contribution in [2.45, 2.75) is 52.3 Å². The van der Waals surface area contributed by atoms with Crippen molar-refractivity contribution < 1.29 is 4.74 Å². The van der Waals surface area contributed by atoms with Crippen molar-refractivity contribution in [2.24, 2.45) is 5.92 Å². The summed E-state index contributed by atoms with van der Waals surface area (Å²) >= 11 is 0. The van der Waals surface area contributed by atoms with Gasteiger partial charge in [-0.2, -0.15) is 0 Å². The van der Waals surface area contributed by atoms with Crippen molar-refractivity contribution in [1.82, 2.24) is 10.2 Å². The summed E-state index contributed by atoms with van der Waals surface area (Å²) in [6.07, 6.45) is 1.50. The van der Waals surface area contributed by atoms with E-state index < -0.39 is 0 Å². The summed E-state index contributed by atoms with van der Waals surface area (Å²) in [5.41, 5.74) is 1.41. The van der Waals surface area contributed by atoms with Gasteiger partial charge in [-0.05, 0) is 77.9 Å². The van der Waals surface area contributed by atoms with Gasteiger partial charge < -0.3 is 10.1 Å². The zero-order chi connectivity index (χ0) is 15.4. The first-order valence-electron chi connectivity index (χ1n) is 8.20. The van der Waals surface area contributed by atoms with Gasteiger partial charge in [-0.3, -0.25) is 4.90 Å². The van der Waals surface area contributed by atoms with Crippen LogP contribution < -0.4 is 10.1 Å². The van der Waals surface area contributed by atoms with Crippen LogP contribution in [0.5, 0.6) is 5.75 Å². The van der Waals surface area contributed by atoms with Crippen LogP contribution in [0, 0.1) is 5.92 Å². The molecule has 118 valence electrons. The van der Waals surface area contributed by atoms with Gasteiger partial charge in [-0.1, -0.05) is 12.1 Å². The van der Waals surface area contributed by atoms with E-state index in [2.05, 4.69) is 69.2 Å². The maximum atomic E-state index is 5.75. The predicted molar refractivity (Wildman–Crippen MR) is 88.8 cm³/mol. The van der Waals surface area contributed by atoms with Crippen molar-refractivity contribution >= 4 is 0 Å². The van der Waals surface area contributed by atoms with Crippen LogP contribution in [0.1, 0.15) is 45.7 Å². The van der Waals surface area contributed by atoms with Gasteiger partial charge in [0.05, 0.1) is 6.10 Å². The molecule has 1 fully saturated rings. The minimum Gasteiger partial charge on any atom is -0.491 e. The number of rotatable bonds is 6. The summed E-state index contributed by atoms with van der Waals surface area (Å²) in [7, 11) is 2.05. The molecule has 0 radical (unpaired) electrons. The second kappa shape index (κ2) is 7.28. The van der Waals surface area contributed by atoms with Gasteiger partial charge in [0.15, 0.2) is 0 Å². The zero-order valence-corrected chi connectivity index (χ0v) is 14.1. The Bertz CT molecular complexity index is 427. The van der Waals surface area contributed by atoms with Crippen LogP contribution in [0.15, 0.2) is 24.3 Å². The fourth-order valence-electron chi connectivity index (χ4n) is 3.42. The molecule has 2 unspecified atom stereocenters. The molecule has 0 amide bonds. The van der Waals surface area contributed by atoms with E-state index in [1.165, 1.54) is 18.5 Å². The lowest BCUT2D eigenvalue weighted by molar-refractivity contribution is 0.182. The molecule has 1 aliphatic rings. The summed E-state index contributed by atoms with van der Waals surface area (Å²) in [6.45, 7) is 11.0. The number of nitrogens with one attached hydrogen (secondary N) is 1. The highest BCUT2D eigenvalue weighted by molar-refractivity contribution is 5.30. The van der Waals surface area contributed by atoms with E-state index in [4.69, 9.17) is 4.74 Å². The Hall–Kier alpha value is -1.06. The molecule has 3 nitrogen and oxygen atoms in total. The number of hydrogen-bond acceptors (Lipinski definition) is 3. The van der Waals surface area contributed by atoms with Gasteiger partial charge in [-0.25, -0.2) is 0 Å². The average molecular weight is 290 g/mol. The highest BCUT2D eigenvalue weighted by atomic mass is 16.5. The van der Waals surface area contributed by atoms with E-state index >= 15 is 0 Å². The smallest absolute Gasteiger partial charge is 0.119 e. The van der Waals surface area contributed by atoms with E-state index in [1.54, 1.807) is 0 Å². The summed E-state index contributed by atoms with van der Waals surface area (Å²) in [5.74, 6) is 1.65. The molecule has 1 aromatic carbocycles. The minimum atomic E-state index is 0.228. The third kappa shape index (κ3) is 3.98. The van der Waals surface area contributed by atoms with Crippen LogP contribution in [0.3, 0.4) is 0 Å². The van der Waals surface area contributed by atoms with E-state index in [0.29, 0.717) is 18.0 Å². The Morgan fingerprint density at radius 3 is 2.38 bits per heavy atom. The fraction of sp³-hybridized carbons (Fsp3) is 0.667. The monoisotopic (exact) mass is 290 g/mol. The molecule has 0 aromatic heterocycles. The van der Waals surface area contributed by atoms with Crippen molar-refractivity contribution in [3.63, 3.8) is 0 Å². The molecule has 21 heavy (non-hydrogen) atoms. The lowest BCUT2D eigenvalue weighted by Gasteiger charge is -2.32. The van der Waals surface area contributed by atoms with Gasteiger partial charge in [0.25, 0.3) is 0 Å². The van der Waals surface area contributed by atoms with Gasteiger partial charge in [-0.15, -0.1) is 0 Å². The maximum absolute atomic E-state index is 5.75. The maximum Gasteiger partial charge on any atom is 0.119 e. The van der Waals surface area contributed by atoms with Gasteiger partial charge in [0, 0.05) is 12.1 Å². The number of ether oxygens (including phenoxy) is 1. The van der Waals surface area contributed by atoms with E-state index in [-0.39, 0.29) is 6.10 Å². The highest BCUT2D eigenvalue weighted by Crippen LogP contribution is 2.38. The van der Waals surface area contributed by atoms with Crippen molar-refractivity contribution in [3.05, 3.63) is 29.8 Å². The van der Waals surface area contributed by atoms with E-state index in [0.717, 1.165) is 12.3 Å². The predicted octanol–water partition coefficient (Wildman–Crippen LogP) is 3.46. The standard InChI is InChI=1S/C18H30N2O/c1-13(2)20-11-10-16(12-19-5)18(20)15-6-8-17(9-7-15)21-14(3)4/h6-9,13-14,16,18-19H,10-12H2,1-5H3. The summed E-state index contributed by atoms with van der Waals surface area (Å²) in [4.78, 5) is 2.63. The molecule has 0 spiro atoms. The first-order valence-corrected chi connectivity index (χ1v) is 8.20. The van der Waals surface area contributed by atoms with Crippen LogP contribution >= 0.6 is 0 Å². The molecular weight excluding hydrogens is 260 g/mol. The zero-order valence-electron chi connectivity index (χ0n) is 14.1. The number of likely N-dealkylation sites (tertiary alicyclic amines) is 1. The molecule has 1 aromatic rings. The van der Waals surface area contributed by atoms with Crippen LogP contribution in [-0.4, -0.2) is 37.2 Å². The molecule has 1 heterocycles. The van der Waals surface area contributed by atoms with Gasteiger partial charge >= 0.3 is 0 Å². The first-order chi connectivity index (χ1) is 10.0. The fourth-order valence-corrected chi connectivity index (χ4v) is 3.42. The van der Waals surface area contributed by atoms with Crippen molar-refractivity contribution in [2.75, 3.05) is 20.1 Å². The molecule has 3 heteroatoms. The molecular formula is C18H30N2O. The Morgan fingerprint density at radius 1 is 1.19 bits per heavy atom. The molecule has 1 aliphatic heterocycles. The summed E-state index contributed by atoms with van der Waals surface area (Å²) in [5, 5.41) is 3.35. The Labute approximate surface area is 129 Å². The Morgan fingerprint density at radius 2 is 1.86 bits per heavy atom. The third-order valence-corrected chi connectivity index (χ3v) is 4.28. The average Bonchev–Trinajstić information content (AvgIpc) is 2.83. The molecule has 1 saturated heterocycles. The van der Waals surface area contributed by atoms with Gasteiger partial charge in [0.2, 0.25) is 0 Å². The second-order valence-corrected chi connectivity index (χ2v) is 6.62. The van der Waals surface area contributed by atoms with Crippen LogP contribution in [0.4, 0.5) is 0 Å². The number of benzene rings is 1. The number of hydrogen-bond donors (Lipinski definition) is 1.